The molecule has 1 aliphatic heterocycles. The van der Waals surface area contributed by atoms with Crippen LogP contribution in [0.25, 0.3) is 0 Å². The largest absolute Gasteiger partial charge is 0.487 e. The number of alkyl halides is 1. The molecule has 0 radical (unpaired) electrons. The summed E-state index contributed by atoms with van der Waals surface area (Å²) in [4.78, 5) is 0. The Labute approximate surface area is 68.2 Å². The lowest BCUT2D eigenvalue weighted by Gasteiger charge is -2.18. The summed E-state index contributed by atoms with van der Waals surface area (Å²) in [5, 5.41) is 0.160. The Balaban J connectivity index is 2.72. The SMILES string of the molecule is CC1=C(Br)OCCC1Cl. The van der Waals surface area contributed by atoms with E-state index >= 15 is 0 Å². The van der Waals surface area contributed by atoms with Crippen molar-refractivity contribution in [2.24, 2.45) is 0 Å². The molecule has 0 aliphatic carbocycles. The molecule has 0 spiro atoms. The zero-order chi connectivity index (χ0) is 6.85. The van der Waals surface area contributed by atoms with Gasteiger partial charge in [-0.1, -0.05) is 0 Å². The van der Waals surface area contributed by atoms with Crippen LogP contribution in [0, 0.1) is 0 Å². The van der Waals surface area contributed by atoms with Crippen molar-refractivity contribution in [3.63, 3.8) is 0 Å². The third-order valence-corrected chi connectivity index (χ3v) is 2.78. The predicted molar refractivity (Wildman–Crippen MR) is 41.8 cm³/mol. The van der Waals surface area contributed by atoms with E-state index in [1.807, 2.05) is 6.92 Å². The van der Waals surface area contributed by atoms with Gasteiger partial charge in [0.05, 0.1) is 12.0 Å². The second-order valence-corrected chi connectivity index (χ2v) is 3.31. The van der Waals surface area contributed by atoms with Crippen LogP contribution in [0.4, 0.5) is 0 Å². The average molecular weight is 211 g/mol. The molecule has 0 aromatic carbocycles. The van der Waals surface area contributed by atoms with Crippen molar-refractivity contribution < 1.29 is 4.74 Å². The molecule has 1 nitrogen and oxygen atoms in total. The van der Waals surface area contributed by atoms with E-state index in [4.69, 9.17) is 16.3 Å². The van der Waals surface area contributed by atoms with E-state index in [1.54, 1.807) is 0 Å². The molecule has 0 N–H and O–H groups in total. The van der Waals surface area contributed by atoms with Crippen LogP contribution in [-0.2, 0) is 4.74 Å². The van der Waals surface area contributed by atoms with Crippen LogP contribution >= 0.6 is 27.5 Å². The third kappa shape index (κ3) is 1.62. The molecule has 1 unspecified atom stereocenters. The Morgan fingerprint density at radius 1 is 1.78 bits per heavy atom. The molecule has 3 heteroatoms. The van der Waals surface area contributed by atoms with Gasteiger partial charge in [-0.3, -0.25) is 0 Å². The fourth-order valence-corrected chi connectivity index (χ4v) is 1.46. The molecule has 0 amide bonds. The number of halogens is 2. The van der Waals surface area contributed by atoms with Gasteiger partial charge in [0.2, 0.25) is 0 Å². The Morgan fingerprint density at radius 2 is 2.44 bits per heavy atom. The van der Waals surface area contributed by atoms with E-state index in [9.17, 15) is 0 Å². The van der Waals surface area contributed by atoms with Crippen LogP contribution in [0.3, 0.4) is 0 Å². The van der Waals surface area contributed by atoms with Gasteiger partial charge in [-0.2, -0.15) is 0 Å². The van der Waals surface area contributed by atoms with Gasteiger partial charge in [-0.25, -0.2) is 0 Å². The topological polar surface area (TPSA) is 9.23 Å². The minimum absolute atomic E-state index is 0.160. The highest BCUT2D eigenvalue weighted by molar-refractivity contribution is 9.11. The van der Waals surface area contributed by atoms with Gasteiger partial charge in [0.15, 0.2) is 4.67 Å². The van der Waals surface area contributed by atoms with Crippen molar-refractivity contribution >= 4 is 27.5 Å². The van der Waals surface area contributed by atoms with Crippen LogP contribution in [0.15, 0.2) is 10.2 Å². The van der Waals surface area contributed by atoms with E-state index in [0.717, 1.165) is 23.3 Å². The predicted octanol–water partition coefficient (Wildman–Crippen LogP) is 2.64. The summed E-state index contributed by atoms with van der Waals surface area (Å²) in [6, 6.07) is 0. The highest BCUT2D eigenvalue weighted by Crippen LogP contribution is 2.26. The zero-order valence-corrected chi connectivity index (χ0v) is 7.50. The van der Waals surface area contributed by atoms with Crippen LogP contribution in [0.1, 0.15) is 13.3 Å². The molecule has 1 aliphatic rings. The quantitative estimate of drug-likeness (QED) is 0.560. The number of allylic oxidation sites excluding steroid dienone is 1. The van der Waals surface area contributed by atoms with Crippen molar-refractivity contribution in [3.8, 4) is 0 Å². The fourth-order valence-electron chi connectivity index (χ4n) is 0.705. The first-order valence-corrected chi connectivity index (χ1v) is 4.08. The minimum Gasteiger partial charge on any atom is -0.487 e. The van der Waals surface area contributed by atoms with Crippen molar-refractivity contribution in [1.82, 2.24) is 0 Å². The molecule has 0 aromatic rings. The molecule has 0 aromatic heterocycles. The monoisotopic (exact) mass is 210 g/mol. The van der Waals surface area contributed by atoms with Crippen molar-refractivity contribution in [1.29, 1.82) is 0 Å². The van der Waals surface area contributed by atoms with E-state index in [2.05, 4.69) is 15.9 Å². The maximum Gasteiger partial charge on any atom is 0.162 e. The van der Waals surface area contributed by atoms with Gasteiger partial charge in [0, 0.05) is 6.42 Å². The van der Waals surface area contributed by atoms with Crippen LogP contribution in [0.5, 0.6) is 0 Å². The Hall–Kier alpha value is 0.310. The van der Waals surface area contributed by atoms with E-state index in [-0.39, 0.29) is 5.38 Å². The molecule has 0 fully saturated rings. The van der Waals surface area contributed by atoms with E-state index in [0.29, 0.717) is 0 Å². The van der Waals surface area contributed by atoms with Crippen molar-refractivity contribution in [2.45, 2.75) is 18.7 Å². The Kier molecular flexibility index (Phi) is 2.42. The normalized spacial score (nSPS) is 28.1. The summed E-state index contributed by atoms with van der Waals surface area (Å²) in [5.74, 6) is 0. The van der Waals surface area contributed by atoms with Gasteiger partial charge in [-0.05, 0) is 28.4 Å². The molecule has 1 atom stereocenters. The van der Waals surface area contributed by atoms with Crippen LogP contribution < -0.4 is 0 Å². The summed E-state index contributed by atoms with van der Waals surface area (Å²) in [6.45, 7) is 2.70. The first kappa shape index (κ1) is 7.42. The van der Waals surface area contributed by atoms with Crippen molar-refractivity contribution in [2.75, 3.05) is 6.61 Å². The lowest BCUT2D eigenvalue weighted by atomic mass is 10.1. The summed E-state index contributed by atoms with van der Waals surface area (Å²) < 4.78 is 5.99. The lowest BCUT2D eigenvalue weighted by Crippen LogP contribution is -2.12. The summed E-state index contributed by atoms with van der Waals surface area (Å²) in [7, 11) is 0. The number of hydrogen-bond acceptors (Lipinski definition) is 1. The number of rotatable bonds is 0. The second-order valence-electron chi connectivity index (χ2n) is 2.06. The minimum atomic E-state index is 0.160. The molecule has 9 heavy (non-hydrogen) atoms. The molecule has 1 rings (SSSR count). The number of ether oxygens (including phenoxy) is 1. The average Bonchev–Trinajstić information content (AvgIpc) is 1.83. The molecule has 52 valence electrons. The summed E-state index contributed by atoms with van der Waals surface area (Å²) in [6.07, 6.45) is 0.919. The Bertz CT molecular complexity index is 144. The maximum atomic E-state index is 5.89. The maximum absolute atomic E-state index is 5.89. The van der Waals surface area contributed by atoms with Crippen molar-refractivity contribution in [3.05, 3.63) is 10.2 Å². The van der Waals surface area contributed by atoms with Crippen LogP contribution in [0.2, 0.25) is 0 Å². The lowest BCUT2D eigenvalue weighted by molar-refractivity contribution is 0.218. The Morgan fingerprint density at radius 3 is 2.89 bits per heavy atom. The molecular weight excluding hydrogens is 203 g/mol. The van der Waals surface area contributed by atoms with Gasteiger partial charge in [0.1, 0.15) is 0 Å². The van der Waals surface area contributed by atoms with Gasteiger partial charge < -0.3 is 4.74 Å². The summed E-state index contributed by atoms with van der Waals surface area (Å²) >= 11 is 9.16. The molecule has 0 saturated heterocycles. The first-order chi connectivity index (χ1) is 4.22. The third-order valence-electron chi connectivity index (χ3n) is 1.38. The smallest absolute Gasteiger partial charge is 0.162 e. The van der Waals surface area contributed by atoms with Gasteiger partial charge in [-0.15, -0.1) is 11.6 Å². The summed E-state index contributed by atoms with van der Waals surface area (Å²) in [5.41, 5.74) is 1.10. The van der Waals surface area contributed by atoms with Gasteiger partial charge >= 0.3 is 0 Å². The number of hydrogen-bond donors (Lipinski definition) is 0. The molecule has 0 bridgehead atoms. The standard InChI is InChI=1S/C6H8BrClO/c1-4-5(8)2-3-9-6(4)7/h5H,2-3H2,1H3. The van der Waals surface area contributed by atoms with Gasteiger partial charge in [0.25, 0.3) is 0 Å². The van der Waals surface area contributed by atoms with E-state index in [1.165, 1.54) is 0 Å². The molecular formula is C6H8BrClO. The molecule has 1 heterocycles. The highest BCUT2D eigenvalue weighted by atomic mass is 79.9. The first-order valence-electron chi connectivity index (χ1n) is 2.85. The highest BCUT2D eigenvalue weighted by Gasteiger charge is 2.16. The second kappa shape index (κ2) is 2.93. The van der Waals surface area contributed by atoms with E-state index < -0.39 is 0 Å². The fraction of sp³-hybridized carbons (Fsp3) is 0.667. The van der Waals surface area contributed by atoms with Crippen LogP contribution in [-0.4, -0.2) is 12.0 Å². The molecule has 0 saturated carbocycles. The zero-order valence-electron chi connectivity index (χ0n) is 5.16.